The van der Waals surface area contributed by atoms with Crippen molar-refractivity contribution in [2.45, 2.75) is 65.8 Å². The Morgan fingerprint density at radius 1 is 1.21 bits per heavy atom. The van der Waals surface area contributed by atoms with E-state index in [2.05, 4.69) is 11.0 Å². The highest BCUT2D eigenvalue weighted by Gasteiger charge is 2.34. The lowest BCUT2D eigenvalue weighted by molar-refractivity contribution is -0.148. The summed E-state index contributed by atoms with van der Waals surface area (Å²) in [6, 6.07) is 2.05. The van der Waals surface area contributed by atoms with Crippen LogP contribution in [0.15, 0.2) is 9.70 Å². The van der Waals surface area contributed by atoms with E-state index in [4.69, 9.17) is 22.1 Å². The van der Waals surface area contributed by atoms with Crippen molar-refractivity contribution in [3.63, 3.8) is 0 Å². The van der Waals surface area contributed by atoms with E-state index in [1.165, 1.54) is 4.90 Å². The van der Waals surface area contributed by atoms with Crippen LogP contribution < -0.4 is 10.5 Å². The van der Waals surface area contributed by atoms with E-state index < -0.39 is 5.97 Å². The van der Waals surface area contributed by atoms with Crippen molar-refractivity contribution in [3.05, 3.63) is 31.9 Å². The fourth-order valence-corrected chi connectivity index (χ4v) is 6.10. The zero-order valence-corrected chi connectivity index (χ0v) is 24.2. The number of esters is 1. The number of nitrogens with zero attached hydrogens (tertiary/aromatic N) is 4. The number of carboxylic acid groups (broad SMARTS) is 1. The number of carboxylic acids is 1. The van der Waals surface area contributed by atoms with E-state index in [9.17, 15) is 24.4 Å². The number of thioether (sulfide) groups is 1. The first-order chi connectivity index (χ1) is 18.6. The third kappa shape index (κ3) is 6.89. The number of carbonyl (C=O) groups excluding carboxylic acids is 2. The number of piperidine rings is 1. The Hall–Kier alpha value is -3.17. The zero-order valence-electron chi connectivity index (χ0n) is 22.5. The second kappa shape index (κ2) is 13.8. The van der Waals surface area contributed by atoms with Crippen LogP contribution in [-0.2, 0) is 25.7 Å². The van der Waals surface area contributed by atoms with Gasteiger partial charge in [0.05, 0.1) is 17.4 Å². The second-order valence-corrected chi connectivity index (χ2v) is 11.2. The van der Waals surface area contributed by atoms with Crippen LogP contribution in [0.1, 0.15) is 69.1 Å². The molecular formula is C27H34N4O6S2. The number of hydrogen-bond donors (Lipinski definition) is 1. The van der Waals surface area contributed by atoms with Gasteiger partial charge in [-0.25, -0.2) is 0 Å². The summed E-state index contributed by atoms with van der Waals surface area (Å²) in [5.74, 6) is -1.08. The maximum Gasteiger partial charge on any atom is 0.309 e. The molecule has 1 aromatic heterocycles. The fourth-order valence-electron chi connectivity index (χ4n) is 4.81. The molecular weight excluding hydrogens is 540 g/mol. The van der Waals surface area contributed by atoms with Crippen molar-refractivity contribution in [3.8, 4) is 6.07 Å². The Kier molecular flexibility index (Phi) is 10.7. The third-order valence-corrected chi connectivity index (χ3v) is 8.30. The molecule has 1 aromatic rings. The Labute approximate surface area is 237 Å². The van der Waals surface area contributed by atoms with Crippen LogP contribution in [0.2, 0.25) is 0 Å². The number of hydrogen-bond acceptors (Lipinski definition) is 9. The lowest BCUT2D eigenvalue weighted by Gasteiger charge is -2.35. The minimum absolute atomic E-state index is 0.0273. The van der Waals surface area contributed by atoms with Gasteiger partial charge in [-0.15, -0.1) is 0 Å². The first-order valence-corrected chi connectivity index (χ1v) is 14.4. The molecule has 2 saturated heterocycles. The molecule has 1 N–H and O–H groups in total. The molecule has 0 spiro atoms. The minimum Gasteiger partial charge on any atom is -0.481 e. The van der Waals surface area contributed by atoms with Crippen LogP contribution >= 0.6 is 24.0 Å². The number of unbranched alkanes of at least 4 members (excludes halogenated alkanes) is 1. The molecule has 1 amide bonds. The number of thiocarbonyl (C=S) groups is 1. The highest BCUT2D eigenvalue weighted by molar-refractivity contribution is 8.26. The summed E-state index contributed by atoms with van der Waals surface area (Å²) in [5.41, 5.74) is 0.737. The molecule has 210 valence electrons. The topological polar surface area (TPSA) is 133 Å². The Bertz CT molecular complexity index is 1270. The summed E-state index contributed by atoms with van der Waals surface area (Å²) in [4.78, 5) is 53.7. The van der Waals surface area contributed by atoms with Gasteiger partial charge in [0.2, 0.25) is 0 Å². The highest BCUT2D eigenvalue weighted by Crippen LogP contribution is 2.37. The average Bonchev–Trinajstić information content (AvgIpc) is 3.17. The van der Waals surface area contributed by atoms with Gasteiger partial charge in [-0.3, -0.25) is 28.6 Å². The van der Waals surface area contributed by atoms with E-state index in [1.807, 2.05) is 6.92 Å². The fraction of sp³-hybridized carbons (Fsp3) is 0.556. The quantitative estimate of drug-likeness (QED) is 0.237. The van der Waals surface area contributed by atoms with Gasteiger partial charge in [-0.1, -0.05) is 37.3 Å². The predicted molar refractivity (Wildman–Crippen MR) is 153 cm³/mol. The summed E-state index contributed by atoms with van der Waals surface area (Å²) in [6.07, 6.45) is 4.59. The number of aliphatic carboxylic acids is 1. The molecule has 3 rings (SSSR count). The standard InChI is InChI=1S/C27H34N4O6S2/c1-4-6-11-30-23(29-13-9-18(10-14-29)26(36)37-5-2)19(17(3)20(16-28)24(30)34)15-21-25(35)31(27(38)39-21)12-7-8-22(32)33/h15,18H,4-14H2,1-3H3,(H,32,33). The molecule has 2 aliphatic rings. The van der Waals surface area contributed by atoms with E-state index in [0.29, 0.717) is 65.3 Å². The summed E-state index contributed by atoms with van der Waals surface area (Å²) in [7, 11) is 0. The van der Waals surface area contributed by atoms with Gasteiger partial charge in [0.1, 0.15) is 21.8 Å². The first-order valence-electron chi connectivity index (χ1n) is 13.2. The molecule has 0 radical (unpaired) electrons. The lowest BCUT2D eigenvalue weighted by atomic mass is 9.95. The van der Waals surface area contributed by atoms with Crippen LogP contribution in [0.4, 0.5) is 5.82 Å². The number of nitriles is 1. The minimum atomic E-state index is -0.943. The number of pyridine rings is 1. The number of aromatic nitrogens is 1. The lowest BCUT2D eigenvalue weighted by Crippen LogP contribution is -2.41. The van der Waals surface area contributed by atoms with Crippen LogP contribution in [0, 0.1) is 24.2 Å². The van der Waals surface area contributed by atoms with Gasteiger partial charge in [-0.2, -0.15) is 5.26 Å². The normalized spacial score (nSPS) is 17.1. The second-order valence-electron chi connectivity index (χ2n) is 9.50. The highest BCUT2D eigenvalue weighted by atomic mass is 32.2. The summed E-state index contributed by atoms with van der Waals surface area (Å²) in [5, 5.41) is 18.8. The van der Waals surface area contributed by atoms with Gasteiger partial charge >= 0.3 is 11.9 Å². The van der Waals surface area contributed by atoms with Crippen molar-refractivity contribution in [1.29, 1.82) is 5.26 Å². The molecule has 12 heteroatoms. The number of carbonyl (C=O) groups is 3. The van der Waals surface area contributed by atoms with Crippen molar-refractivity contribution in [2.75, 3.05) is 31.1 Å². The average molecular weight is 575 g/mol. The molecule has 0 aliphatic carbocycles. The molecule has 10 nitrogen and oxygen atoms in total. The first kappa shape index (κ1) is 30.4. The third-order valence-electron chi connectivity index (χ3n) is 6.92. The molecule has 3 heterocycles. The van der Waals surface area contributed by atoms with Gasteiger partial charge in [0.25, 0.3) is 11.5 Å². The Morgan fingerprint density at radius 3 is 2.49 bits per heavy atom. The van der Waals surface area contributed by atoms with Crippen LogP contribution in [0.3, 0.4) is 0 Å². The van der Waals surface area contributed by atoms with Crippen LogP contribution in [-0.4, -0.2) is 63.0 Å². The largest absolute Gasteiger partial charge is 0.481 e. The van der Waals surface area contributed by atoms with Gasteiger partial charge < -0.3 is 14.7 Å². The summed E-state index contributed by atoms with van der Waals surface area (Å²) < 4.78 is 7.17. The molecule has 0 saturated carbocycles. The van der Waals surface area contributed by atoms with Crippen molar-refractivity contribution in [2.24, 2.45) is 5.92 Å². The maximum absolute atomic E-state index is 13.4. The molecule has 0 unspecified atom stereocenters. The Morgan fingerprint density at radius 2 is 1.90 bits per heavy atom. The van der Waals surface area contributed by atoms with Gasteiger partial charge in [0.15, 0.2) is 0 Å². The summed E-state index contributed by atoms with van der Waals surface area (Å²) in [6.45, 7) is 7.46. The number of anilines is 1. The number of rotatable bonds is 11. The molecule has 0 bridgehead atoms. The summed E-state index contributed by atoms with van der Waals surface area (Å²) >= 11 is 6.53. The smallest absolute Gasteiger partial charge is 0.309 e. The molecule has 0 aromatic carbocycles. The van der Waals surface area contributed by atoms with Gasteiger partial charge in [-0.05, 0) is 51.2 Å². The Balaban J connectivity index is 2.07. The van der Waals surface area contributed by atoms with E-state index in [0.717, 1.165) is 24.6 Å². The molecule has 39 heavy (non-hydrogen) atoms. The van der Waals surface area contributed by atoms with Crippen molar-refractivity contribution < 1.29 is 24.2 Å². The molecule has 2 fully saturated rings. The number of ether oxygens (including phenoxy) is 1. The SMILES string of the molecule is CCCCn1c(N2CCC(C(=O)OCC)CC2)c(C=C2SC(=S)N(CCCC(=O)O)C2=O)c(C)c(C#N)c1=O. The predicted octanol–water partition coefficient (Wildman–Crippen LogP) is 3.67. The number of amides is 1. The van der Waals surface area contributed by atoms with E-state index >= 15 is 0 Å². The van der Waals surface area contributed by atoms with E-state index in [1.54, 1.807) is 24.5 Å². The van der Waals surface area contributed by atoms with E-state index in [-0.39, 0.29) is 48.3 Å². The van der Waals surface area contributed by atoms with Crippen molar-refractivity contribution >= 4 is 58.0 Å². The van der Waals surface area contributed by atoms with Crippen LogP contribution in [0.5, 0.6) is 0 Å². The van der Waals surface area contributed by atoms with Gasteiger partial charge in [0, 0.05) is 38.2 Å². The maximum atomic E-state index is 13.4. The molecule has 2 aliphatic heterocycles. The van der Waals surface area contributed by atoms with Crippen LogP contribution in [0.25, 0.3) is 6.08 Å². The molecule has 0 atom stereocenters. The monoisotopic (exact) mass is 574 g/mol. The van der Waals surface area contributed by atoms with Crippen molar-refractivity contribution in [1.82, 2.24) is 9.47 Å². The zero-order chi connectivity index (χ0) is 28.7.